The lowest BCUT2D eigenvalue weighted by atomic mass is 10.0. The molecule has 0 saturated heterocycles. The van der Waals surface area contributed by atoms with E-state index in [4.69, 9.17) is 5.73 Å². The summed E-state index contributed by atoms with van der Waals surface area (Å²) in [6.45, 7) is 2.14. The average molecular weight is 344 g/mol. The molecule has 1 amide bonds. The summed E-state index contributed by atoms with van der Waals surface area (Å²) in [7, 11) is 0. The quantitative estimate of drug-likeness (QED) is 0.710. The molecule has 3 N–H and O–H groups in total. The third kappa shape index (κ3) is 3.23. The zero-order chi connectivity index (χ0) is 18.1. The zero-order valence-corrected chi connectivity index (χ0v) is 15.0. The van der Waals surface area contributed by atoms with Crippen molar-refractivity contribution in [1.82, 2.24) is 0 Å². The lowest BCUT2D eigenvalue weighted by Crippen LogP contribution is -2.22. The lowest BCUT2D eigenvalue weighted by Gasteiger charge is -2.10. The van der Waals surface area contributed by atoms with Gasteiger partial charge < -0.3 is 11.1 Å². The maximum Gasteiger partial charge on any atom is 0.228 e. The number of carbonyl (C=O) groups excluding carboxylic acids is 1. The Labute approximate surface area is 154 Å². The SMILES string of the molecule is CC[C@]1(N)C[C@H]1c1ccc(NC(=O)Cc2cccc3ccccc23)cc1. The van der Waals surface area contributed by atoms with Crippen molar-refractivity contribution in [2.75, 3.05) is 5.32 Å². The van der Waals surface area contributed by atoms with Crippen LogP contribution in [-0.4, -0.2) is 11.4 Å². The van der Waals surface area contributed by atoms with Crippen LogP contribution in [0.2, 0.25) is 0 Å². The van der Waals surface area contributed by atoms with Gasteiger partial charge in [-0.25, -0.2) is 0 Å². The summed E-state index contributed by atoms with van der Waals surface area (Å²) < 4.78 is 0. The summed E-state index contributed by atoms with van der Waals surface area (Å²) >= 11 is 0. The third-order valence-corrected chi connectivity index (χ3v) is 5.60. The maximum absolute atomic E-state index is 12.5. The van der Waals surface area contributed by atoms with E-state index in [1.54, 1.807) is 0 Å². The van der Waals surface area contributed by atoms with Crippen LogP contribution in [0.25, 0.3) is 10.8 Å². The fourth-order valence-electron chi connectivity index (χ4n) is 3.79. The number of amides is 1. The summed E-state index contributed by atoms with van der Waals surface area (Å²) in [5.74, 6) is 0.454. The van der Waals surface area contributed by atoms with E-state index in [1.807, 2.05) is 36.4 Å². The number of fused-ring (bicyclic) bond motifs is 1. The number of nitrogens with two attached hydrogens (primary N) is 1. The largest absolute Gasteiger partial charge is 0.326 e. The summed E-state index contributed by atoms with van der Waals surface area (Å²) in [4.78, 5) is 12.5. The second-order valence-corrected chi connectivity index (χ2v) is 7.33. The van der Waals surface area contributed by atoms with E-state index in [-0.39, 0.29) is 11.4 Å². The van der Waals surface area contributed by atoms with Crippen LogP contribution in [0, 0.1) is 0 Å². The topological polar surface area (TPSA) is 55.1 Å². The van der Waals surface area contributed by atoms with Crippen molar-refractivity contribution >= 4 is 22.4 Å². The first-order chi connectivity index (χ1) is 12.6. The highest BCUT2D eigenvalue weighted by molar-refractivity contribution is 5.96. The van der Waals surface area contributed by atoms with Gasteiger partial charge in [0.25, 0.3) is 0 Å². The lowest BCUT2D eigenvalue weighted by molar-refractivity contribution is -0.115. The minimum absolute atomic E-state index is 0.00209. The van der Waals surface area contributed by atoms with Gasteiger partial charge in [-0.2, -0.15) is 0 Å². The van der Waals surface area contributed by atoms with Gasteiger partial charge in [0, 0.05) is 17.1 Å². The minimum atomic E-state index is -0.0286. The highest BCUT2D eigenvalue weighted by atomic mass is 16.1. The van der Waals surface area contributed by atoms with E-state index in [2.05, 4.69) is 42.6 Å². The van der Waals surface area contributed by atoms with Crippen molar-refractivity contribution in [3.8, 4) is 0 Å². The van der Waals surface area contributed by atoms with E-state index >= 15 is 0 Å². The fourth-order valence-corrected chi connectivity index (χ4v) is 3.79. The second-order valence-electron chi connectivity index (χ2n) is 7.33. The summed E-state index contributed by atoms with van der Waals surface area (Å²) in [6.07, 6.45) is 2.42. The molecule has 0 aromatic heterocycles. The normalized spacial score (nSPS) is 21.5. The predicted octanol–water partition coefficient (Wildman–Crippen LogP) is 4.62. The van der Waals surface area contributed by atoms with Crippen molar-refractivity contribution in [2.45, 2.75) is 37.6 Å². The number of nitrogens with one attached hydrogen (secondary N) is 1. The van der Waals surface area contributed by atoms with Crippen LogP contribution >= 0.6 is 0 Å². The van der Waals surface area contributed by atoms with Crippen molar-refractivity contribution in [1.29, 1.82) is 0 Å². The first-order valence-corrected chi connectivity index (χ1v) is 9.24. The van der Waals surface area contributed by atoms with Crippen LogP contribution in [-0.2, 0) is 11.2 Å². The standard InChI is InChI=1S/C23H24N2O/c1-2-23(24)15-21(23)17-10-12-19(13-11-17)25-22(26)14-18-8-5-7-16-6-3-4-9-20(16)18/h3-13,21H,2,14-15,24H2,1H3,(H,25,26)/t21-,23-/m0/s1. The minimum Gasteiger partial charge on any atom is -0.326 e. The molecular formula is C23H24N2O. The Bertz CT molecular complexity index is 943. The molecule has 0 spiro atoms. The van der Waals surface area contributed by atoms with E-state index in [9.17, 15) is 4.79 Å². The molecule has 4 rings (SSSR count). The zero-order valence-electron chi connectivity index (χ0n) is 15.0. The molecule has 132 valence electrons. The molecule has 3 aromatic carbocycles. The molecule has 3 nitrogen and oxygen atoms in total. The smallest absolute Gasteiger partial charge is 0.228 e. The number of anilines is 1. The van der Waals surface area contributed by atoms with Gasteiger partial charge in [-0.05, 0) is 46.9 Å². The summed E-state index contributed by atoms with van der Waals surface area (Å²) in [6, 6.07) is 22.4. The number of rotatable bonds is 5. The van der Waals surface area contributed by atoms with Gasteiger partial charge in [0.1, 0.15) is 0 Å². The van der Waals surface area contributed by atoms with Gasteiger partial charge in [0.05, 0.1) is 6.42 Å². The Morgan fingerprint density at radius 2 is 1.81 bits per heavy atom. The van der Waals surface area contributed by atoms with Crippen molar-refractivity contribution in [2.24, 2.45) is 5.73 Å². The number of benzene rings is 3. The van der Waals surface area contributed by atoms with Gasteiger partial charge in [-0.15, -0.1) is 0 Å². The van der Waals surface area contributed by atoms with E-state index in [1.165, 1.54) is 5.56 Å². The second kappa shape index (κ2) is 6.58. The molecule has 3 heteroatoms. The average Bonchev–Trinajstić information content (AvgIpc) is 3.35. The fraction of sp³-hybridized carbons (Fsp3) is 0.261. The monoisotopic (exact) mass is 344 g/mol. The van der Waals surface area contributed by atoms with Gasteiger partial charge in [0.15, 0.2) is 0 Å². The van der Waals surface area contributed by atoms with Crippen LogP contribution in [0.1, 0.15) is 36.8 Å². The van der Waals surface area contributed by atoms with E-state index in [0.717, 1.165) is 34.9 Å². The molecule has 3 aromatic rings. The number of carbonyl (C=O) groups is 1. The first kappa shape index (κ1) is 16.8. The molecule has 0 heterocycles. The number of hydrogen-bond donors (Lipinski definition) is 2. The molecule has 26 heavy (non-hydrogen) atoms. The van der Waals surface area contributed by atoms with Gasteiger partial charge in [-0.3, -0.25) is 4.79 Å². The van der Waals surface area contributed by atoms with Crippen LogP contribution in [0.5, 0.6) is 0 Å². The van der Waals surface area contributed by atoms with Crippen molar-refractivity contribution in [3.63, 3.8) is 0 Å². The van der Waals surface area contributed by atoms with E-state index in [0.29, 0.717) is 12.3 Å². The summed E-state index contributed by atoms with van der Waals surface area (Å²) in [5, 5.41) is 5.30. The highest BCUT2D eigenvalue weighted by Crippen LogP contribution is 2.51. The molecular weight excluding hydrogens is 320 g/mol. The predicted molar refractivity (Wildman–Crippen MR) is 107 cm³/mol. The van der Waals surface area contributed by atoms with Crippen molar-refractivity contribution < 1.29 is 4.79 Å². The molecule has 0 unspecified atom stereocenters. The molecule has 0 bridgehead atoms. The summed E-state index contributed by atoms with van der Waals surface area (Å²) in [5.41, 5.74) is 9.42. The van der Waals surface area contributed by atoms with E-state index < -0.39 is 0 Å². The third-order valence-electron chi connectivity index (χ3n) is 5.60. The molecule has 0 aliphatic heterocycles. The van der Waals surface area contributed by atoms with Gasteiger partial charge in [0.2, 0.25) is 5.91 Å². The van der Waals surface area contributed by atoms with Crippen LogP contribution in [0.3, 0.4) is 0 Å². The van der Waals surface area contributed by atoms with Gasteiger partial charge in [-0.1, -0.05) is 61.5 Å². The molecule has 1 saturated carbocycles. The number of hydrogen-bond acceptors (Lipinski definition) is 2. The Morgan fingerprint density at radius 1 is 1.08 bits per heavy atom. The molecule has 2 atom stereocenters. The Hall–Kier alpha value is -2.65. The van der Waals surface area contributed by atoms with Crippen LogP contribution in [0.15, 0.2) is 66.7 Å². The molecule has 1 aliphatic carbocycles. The first-order valence-electron chi connectivity index (χ1n) is 9.24. The van der Waals surface area contributed by atoms with Crippen molar-refractivity contribution in [3.05, 3.63) is 77.9 Å². The van der Waals surface area contributed by atoms with Crippen LogP contribution in [0.4, 0.5) is 5.69 Å². The Balaban J connectivity index is 1.43. The van der Waals surface area contributed by atoms with Gasteiger partial charge >= 0.3 is 0 Å². The Morgan fingerprint density at radius 3 is 2.54 bits per heavy atom. The molecule has 1 fully saturated rings. The Kier molecular flexibility index (Phi) is 4.25. The maximum atomic E-state index is 12.5. The molecule has 1 aliphatic rings. The molecule has 0 radical (unpaired) electrons. The highest BCUT2D eigenvalue weighted by Gasteiger charge is 2.49. The van der Waals surface area contributed by atoms with Crippen LogP contribution < -0.4 is 11.1 Å².